The highest BCUT2D eigenvalue weighted by atomic mass is 79.9. The van der Waals surface area contributed by atoms with Crippen molar-refractivity contribution < 1.29 is 4.79 Å². The third-order valence-electron chi connectivity index (χ3n) is 2.91. The first-order chi connectivity index (χ1) is 6.49. The van der Waals surface area contributed by atoms with E-state index in [2.05, 4.69) is 35.1 Å². The highest BCUT2D eigenvalue weighted by molar-refractivity contribution is 9.09. The van der Waals surface area contributed by atoms with Gasteiger partial charge in [-0.15, -0.1) is 0 Å². The highest BCUT2D eigenvalue weighted by Crippen LogP contribution is 2.17. The Labute approximate surface area is 96.0 Å². The Morgan fingerprint density at radius 2 is 2.07 bits per heavy atom. The largest absolute Gasteiger partial charge is 0.351 e. The van der Waals surface area contributed by atoms with Gasteiger partial charge >= 0.3 is 0 Å². The van der Waals surface area contributed by atoms with Crippen molar-refractivity contribution in [2.45, 2.75) is 52.5 Å². The molecule has 3 heteroatoms. The number of halogens is 1. The second-order valence-electron chi connectivity index (χ2n) is 4.15. The minimum atomic E-state index is -0.0516. The van der Waals surface area contributed by atoms with E-state index in [0.29, 0.717) is 0 Å². The first-order valence-electron chi connectivity index (χ1n) is 5.37. The van der Waals surface area contributed by atoms with E-state index in [9.17, 15) is 4.79 Å². The Morgan fingerprint density at radius 3 is 2.43 bits per heavy atom. The molecule has 0 aromatic carbocycles. The van der Waals surface area contributed by atoms with E-state index in [4.69, 9.17) is 0 Å². The lowest BCUT2D eigenvalue weighted by molar-refractivity contribution is -0.126. The molecule has 2 atom stereocenters. The maximum atomic E-state index is 11.7. The molecule has 0 fully saturated rings. The van der Waals surface area contributed by atoms with Crippen molar-refractivity contribution in [3.05, 3.63) is 0 Å². The molecular formula is C11H22BrNO. The van der Waals surface area contributed by atoms with Crippen LogP contribution in [-0.4, -0.2) is 16.8 Å². The number of hydrogen-bond acceptors (Lipinski definition) is 1. The monoisotopic (exact) mass is 263 g/mol. The highest BCUT2D eigenvalue weighted by Gasteiger charge is 2.24. The fourth-order valence-electron chi connectivity index (χ4n) is 1.14. The molecule has 0 heterocycles. The zero-order valence-corrected chi connectivity index (χ0v) is 11.3. The second kappa shape index (κ2) is 6.44. The van der Waals surface area contributed by atoms with Crippen molar-refractivity contribution in [2.24, 2.45) is 5.92 Å². The molecule has 0 aliphatic rings. The Balaban J connectivity index is 4.23. The summed E-state index contributed by atoms with van der Waals surface area (Å²) >= 11 is 3.42. The first-order valence-corrected chi connectivity index (χ1v) is 6.49. The van der Waals surface area contributed by atoms with Crippen LogP contribution >= 0.6 is 15.9 Å². The number of nitrogens with one attached hydrogen (secondary N) is 1. The van der Waals surface area contributed by atoms with Crippen LogP contribution < -0.4 is 5.32 Å². The van der Waals surface area contributed by atoms with Crippen molar-refractivity contribution in [1.82, 2.24) is 5.32 Å². The maximum absolute atomic E-state index is 11.7. The fourth-order valence-corrected chi connectivity index (χ4v) is 2.02. The van der Waals surface area contributed by atoms with Gasteiger partial charge in [0, 0.05) is 16.8 Å². The number of hydrogen-bond donors (Lipinski definition) is 1. The minimum absolute atomic E-state index is 0.0516. The number of alkyl halides is 1. The van der Waals surface area contributed by atoms with Crippen molar-refractivity contribution in [3.8, 4) is 0 Å². The number of carbonyl (C=O) groups excluding carboxylic acids is 1. The van der Waals surface area contributed by atoms with E-state index in [-0.39, 0.29) is 17.4 Å². The topological polar surface area (TPSA) is 29.1 Å². The van der Waals surface area contributed by atoms with Gasteiger partial charge in [-0.3, -0.25) is 4.79 Å². The first kappa shape index (κ1) is 13.9. The van der Waals surface area contributed by atoms with E-state index in [0.717, 1.165) is 24.6 Å². The van der Waals surface area contributed by atoms with E-state index in [1.807, 2.05) is 13.8 Å². The summed E-state index contributed by atoms with van der Waals surface area (Å²) in [4.78, 5) is 11.7. The molecule has 0 aromatic rings. The molecule has 14 heavy (non-hydrogen) atoms. The fraction of sp³-hybridized carbons (Fsp3) is 0.909. The Bertz CT molecular complexity index is 184. The van der Waals surface area contributed by atoms with Crippen LogP contribution in [0, 0.1) is 5.92 Å². The lowest BCUT2D eigenvalue weighted by Crippen LogP contribution is -2.47. The molecule has 84 valence electrons. The van der Waals surface area contributed by atoms with Gasteiger partial charge in [-0.05, 0) is 26.2 Å². The van der Waals surface area contributed by atoms with Crippen molar-refractivity contribution >= 4 is 21.8 Å². The van der Waals surface area contributed by atoms with Crippen LogP contribution in [0.3, 0.4) is 0 Å². The molecule has 2 unspecified atom stereocenters. The summed E-state index contributed by atoms with van der Waals surface area (Å²) < 4.78 is 0. The van der Waals surface area contributed by atoms with Gasteiger partial charge in [-0.1, -0.05) is 36.7 Å². The van der Waals surface area contributed by atoms with Gasteiger partial charge in [-0.25, -0.2) is 0 Å². The van der Waals surface area contributed by atoms with Crippen molar-refractivity contribution in [3.63, 3.8) is 0 Å². The van der Waals surface area contributed by atoms with E-state index >= 15 is 0 Å². The van der Waals surface area contributed by atoms with Gasteiger partial charge in [0.1, 0.15) is 0 Å². The summed E-state index contributed by atoms with van der Waals surface area (Å²) in [5.74, 6) is 0.300. The molecule has 0 rings (SSSR count). The number of carbonyl (C=O) groups is 1. The van der Waals surface area contributed by atoms with E-state index in [1.54, 1.807) is 0 Å². The van der Waals surface area contributed by atoms with Crippen molar-refractivity contribution in [1.29, 1.82) is 0 Å². The molecule has 0 saturated heterocycles. The second-order valence-corrected chi connectivity index (χ2v) is 4.94. The molecule has 0 radical (unpaired) electrons. The van der Waals surface area contributed by atoms with Crippen LogP contribution in [0.5, 0.6) is 0 Å². The van der Waals surface area contributed by atoms with Gasteiger partial charge in [0.25, 0.3) is 0 Å². The van der Waals surface area contributed by atoms with Crippen LogP contribution in [0.4, 0.5) is 0 Å². The summed E-state index contributed by atoms with van der Waals surface area (Å²) in [6.07, 6.45) is 2.85. The molecule has 1 amide bonds. The summed E-state index contributed by atoms with van der Waals surface area (Å²) in [5, 5.41) is 4.05. The molecular weight excluding hydrogens is 242 g/mol. The van der Waals surface area contributed by atoms with Gasteiger partial charge in [-0.2, -0.15) is 0 Å². The number of rotatable bonds is 6. The zero-order chi connectivity index (χ0) is 11.2. The molecule has 0 spiro atoms. The van der Waals surface area contributed by atoms with Crippen LogP contribution in [0.15, 0.2) is 0 Å². The smallest absolute Gasteiger partial charge is 0.223 e. The maximum Gasteiger partial charge on any atom is 0.223 e. The molecule has 0 aromatic heterocycles. The molecule has 1 N–H and O–H groups in total. The van der Waals surface area contributed by atoms with Crippen LogP contribution in [0.1, 0.15) is 47.0 Å². The zero-order valence-electron chi connectivity index (χ0n) is 9.69. The van der Waals surface area contributed by atoms with Gasteiger partial charge in [0.15, 0.2) is 0 Å². The quantitative estimate of drug-likeness (QED) is 0.734. The van der Waals surface area contributed by atoms with Gasteiger partial charge < -0.3 is 5.32 Å². The lowest BCUT2D eigenvalue weighted by atomic mass is 9.94. The van der Waals surface area contributed by atoms with Crippen LogP contribution in [0.2, 0.25) is 0 Å². The predicted molar refractivity (Wildman–Crippen MR) is 64.7 cm³/mol. The number of amides is 1. The lowest BCUT2D eigenvalue weighted by Gasteiger charge is -2.30. The van der Waals surface area contributed by atoms with Crippen LogP contribution in [-0.2, 0) is 4.79 Å². The Hall–Kier alpha value is -0.0500. The third kappa shape index (κ3) is 4.45. The molecule has 0 aliphatic heterocycles. The molecule has 0 bridgehead atoms. The summed E-state index contributed by atoms with van der Waals surface area (Å²) in [7, 11) is 0. The minimum Gasteiger partial charge on any atom is -0.351 e. The SMILES string of the molecule is CCC(C)C(=O)NC(C)(CC)CCBr. The van der Waals surface area contributed by atoms with Crippen molar-refractivity contribution in [2.75, 3.05) is 5.33 Å². The average molecular weight is 264 g/mol. The summed E-state index contributed by atoms with van der Waals surface area (Å²) in [6.45, 7) is 8.23. The average Bonchev–Trinajstić information content (AvgIpc) is 2.16. The molecule has 0 aliphatic carbocycles. The van der Waals surface area contributed by atoms with E-state index in [1.165, 1.54) is 0 Å². The van der Waals surface area contributed by atoms with Crippen LogP contribution in [0.25, 0.3) is 0 Å². The van der Waals surface area contributed by atoms with E-state index < -0.39 is 0 Å². The van der Waals surface area contributed by atoms with Gasteiger partial charge in [0.05, 0.1) is 0 Å². The predicted octanol–water partition coefficient (Wildman–Crippen LogP) is 3.10. The van der Waals surface area contributed by atoms with Gasteiger partial charge in [0.2, 0.25) is 5.91 Å². The molecule has 0 saturated carbocycles. The molecule has 2 nitrogen and oxygen atoms in total. The normalized spacial score (nSPS) is 17.2. The Kier molecular flexibility index (Phi) is 6.41. The summed E-state index contributed by atoms with van der Waals surface area (Å²) in [5.41, 5.74) is -0.0516. The summed E-state index contributed by atoms with van der Waals surface area (Å²) in [6, 6.07) is 0. The standard InChI is InChI=1S/C11H22BrNO/c1-5-9(3)10(14)13-11(4,6-2)7-8-12/h9H,5-8H2,1-4H3,(H,13,14). The Morgan fingerprint density at radius 1 is 1.50 bits per heavy atom. The third-order valence-corrected chi connectivity index (χ3v) is 3.31.